The van der Waals surface area contributed by atoms with Crippen molar-refractivity contribution >= 4 is 11.6 Å². The molecule has 2 unspecified atom stereocenters. The number of hydrogen-bond acceptors (Lipinski definition) is 1. The maximum absolute atomic E-state index is 6.04. The molecule has 1 N–H and O–H groups in total. The molecule has 0 aliphatic rings. The standard InChI is InChI=1S/C15H24ClN/c1-4-6-8-12(3)17-15(5-2)13-9-7-10-14(16)11-13/h7,9-12,15,17H,4-6,8H2,1-3H3. The van der Waals surface area contributed by atoms with Gasteiger partial charge in [-0.3, -0.25) is 0 Å². The summed E-state index contributed by atoms with van der Waals surface area (Å²) in [6.07, 6.45) is 4.89. The zero-order valence-corrected chi connectivity index (χ0v) is 11.9. The van der Waals surface area contributed by atoms with E-state index in [-0.39, 0.29) is 0 Å². The van der Waals surface area contributed by atoms with Gasteiger partial charge in [-0.1, -0.05) is 50.4 Å². The van der Waals surface area contributed by atoms with Crippen LogP contribution in [0.2, 0.25) is 5.02 Å². The maximum atomic E-state index is 6.04. The van der Waals surface area contributed by atoms with E-state index >= 15 is 0 Å². The molecule has 17 heavy (non-hydrogen) atoms. The molecule has 96 valence electrons. The van der Waals surface area contributed by atoms with Gasteiger partial charge < -0.3 is 5.32 Å². The van der Waals surface area contributed by atoms with Crippen molar-refractivity contribution < 1.29 is 0 Å². The molecule has 1 aromatic carbocycles. The molecule has 0 saturated carbocycles. The summed E-state index contributed by atoms with van der Waals surface area (Å²) in [7, 11) is 0. The van der Waals surface area contributed by atoms with Crippen LogP contribution in [0, 0.1) is 0 Å². The fourth-order valence-corrected chi connectivity index (χ4v) is 2.31. The van der Waals surface area contributed by atoms with Crippen molar-refractivity contribution in [3.63, 3.8) is 0 Å². The Bertz CT molecular complexity index is 324. The minimum absolute atomic E-state index is 0.417. The summed E-state index contributed by atoms with van der Waals surface area (Å²) in [5.74, 6) is 0. The second kappa shape index (κ2) is 7.73. The van der Waals surface area contributed by atoms with Crippen molar-refractivity contribution in [1.82, 2.24) is 5.32 Å². The fourth-order valence-electron chi connectivity index (χ4n) is 2.11. The molecule has 0 fully saturated rings. The second-order valence-electron chi connectivity index (χ2n) is 4.73. The van der Waals surface area contributed by atoms with E-state index in [0.717, 1.165) is 11.4 Å². The van der Waals surface area contributed by atoms with Crippen LogP contribution in [0.4, 0.5) is 0 Å². The maximum Gasteiger partial charge on any atom is 0.0409 e. The Balaban J connectivity index is 2.59. The van der Waals surface area contributed by atoms with Crippen molar-refractivity contribution in [3.05, 3.63) is 34.9 Å². The van der Waals surface area contributed by atoms with E-state index in [1.54, 1.807) is 0 Å². The average molecular weight is 254 g/mol. The van der Waals surface area contributed by atoms with Crippen LogP contribution in [-0.2, 0) is 0 Å². The van der Waals surface area contributed by atoms with E-state index in [2.05, 4.69) is 38.2 Å². The van der Waals surface area contributed by atoms with Gasteiger partial charge in [0, 0.05) is 17.1 Å². The van der Waals surface area contributed by atoms with Gasteiger partial charge in [0.25, 0.3) is 0 Å². The summed E-state index contributed by atoms with van der Waals surface area (Å²) in [5, 5.41) is 4.51. The number of nitrogens with one attached hydrogen (secondary N) is 1. The molecular formula is C15H24ClN. The second-order valence-corrected chi connectivity index (χ2v) is 5.16. The zero-order valence-electron chi connectivity index (χ0n) is 11.2. The molecule has 0 aromatic heterocycles. The Labute approximate surface area is 111 Å². The Morgan fingerprint density at radius 2 is 2.06 bits per heavy atom. The van der Waals surface area contributed by atoms with Crippen LogP contribution in [0.1, 0.15) is 58.1 Å². The average Bonchev–Trinajstić information content (AvgIpc) is 2.33. The molecule has 0 radical (unpaired) electrons. The molecule has 2 heteroatoms. The lowest BCUT2D eigenvalue weighted by molar-refractivity contribution is 0.418. The molecule has 1 rings (SSSR count). The number of benzene rings is 1. The molecule has 1 nitrogen and oxygen atoms in total. The van der Waals surface area contributed by atoms with Crippen LogP contribution >= 0.6 is 11.6 Å². The Morgan fingerprint density at radius 1 is 1.29 bits per heavy atom. The van der Waals surface area contributed by atoms with Crippen molar-refractivity contribution in [2.75, 3.05) is 0 Å². The van der Waals surface area contributed by atoms with Crippen LogP contribution < -0.4 is 5.32 Å². The number of halogens is 1. The Kier molecular flexibility index (Phi) is 6.61. The number of unbranched alkanes of at least 4 members (excludes halogenated alkanes) is 1. The molecule has 0 bridgehead atoms. The van der Waals surface area contributed by atoms with Gasteiger partial charge in [-0.15, -0.1) is 0 Å². The first-order chi connectivity index (χ1) is 8.17. The summed E-state index contributed by atoms with van der Waals surface area (Å²) >= 11 is 6.04. The van der Waals surface area contributed by atoms with Crippen molar-refractivity contribution in [2.45, 2.75) is 58.5 Å². The Morgan fingerprint density at radius 3 is 2.65 bits per heavy atom. The molecule has 0 saturated heterocycles. The molecule has 0 amide bonds. The van der Waals surface area contributed by atoms with Gasteiger partial charge in [0.05, 0.1) is 0 Å². The van der Waals surface area contributed by atoms with Gasteiger partial charge in [0.15, 0.2) is 0 Å². The van der Waals surface area contributed by atoms with E-state index in [1.807, 2.05) is 12.1 Å². The van der Waals surface area contributed by atoms with Crippen LogP contribution in [-0.4, -0.2) is 6.04 Å². The highest BCUT2D eigenvalue weighted by Gasteiger charge is 2.12. The first-order valence-electron chi connectivity index (χ1n) is 6.68. The summed E-state index contributed by atoms with van der Waals surface area (Å²) in [5.41, 5.74) is 1.29. The van der Waals surface area contributed by atoms with Crippen LogP contribution in [0.5, 0.6) is 0 Å². The summed E-state index contributed by atoms with van der Waals surface area (Å²) in [6.45, 7) is 6.72. The fraction of sp³-hybridized carbons (Fsp3) is 0.600. The lowest BCUT2D eigenvalue weighted by Crippen LogP contribution is -2.30. The zero-order chi connectivity index (χ0) is 12.7. The third-order valence-corrected chi connectivity index (χ3v) is 3.37. The third-order valence-electron chi connectivity index (χ3n) is 3.14. The highest BCUT2D eigenvalue weighted by atomic mass is 35.5. The normalized spacial score (nSPS) is 14.6. The van der Waals surface area contributed by atoms with E-state index in [1.165, 1.54) is 24.8 Å². The van der Waals surface area contributed by atoms with E-state index in [4.69, 9.17) is 11.6 Å². The molecule has 1 aromatic rings. The Hall–Kier alpha value is -0.530. The van der Waals surface area contributed by atoms with Gasteiger partial charge in [-0.25, -0.2) is 0 Å². The predicted molar refractivity (Wildman–Crippen MR) is 76.6 cm³/mol. The summed E-state index contributed by atoms with van der Waals surface area (Å²) in [4.78, 5) is 0. The first kappa shape index (κ1) is 14.5. The topological polar surface area (TPSA) is 12.0 Å². The number of hydrogen-bond donors (Lipinski definition) is 1. The van der Waals surface area contributed by atoms with Gasteiger partial charge in [-0.05, 0) is 37.5 Å². The largest absolute Gasteiger partial charge is 0.307 e. The molecule has 0 spiro atoms. The van der Waals surface area contributed by atoms with Crippen molar-refractivity contribution in [3.8, 4) is 0 Å². The molecule has 0 aliphatic heterocycles. The summed E-state index contributed by atoms with van der Waals surface area (Å²) in [6, 6.07) is 9.16. The quantitative estimate of drug-likeness (QED) is 0.724. The highest BCUT2D eigenvalue weighted by Crippen LogP contribution is 2.21. The highest BCUT2D eigenvalue weighted by molar-refractivity contribution is 6.30. The molecule has 0 heterocycles. The smallest absolute Gasteiger partial charge is 0.0409 e. The van der Waals surface area contributed by atoms with Gasteiger partial charge in [0.1, 0.15) is 0 Å². The van der Waals surface area contributed by atoms with Gasteiger partial charge in [0.2, 0.25) is 0 Å². The number of rotatable bonds is 7. The minimum Gasteiger partial charge on any atom is -0.307 e. The van der Waals surface area contributed by atoms with E-state index < -0.39 is 0 Å². The first-order valence-corrected chi connectivity index (χ1v) is 7.06. The minimum atomic E-state index is 0.417. The van der Waals surface area contributed by atoms with Crippen LogP contribution in [0.3, 0.4) is 0 Å². The van der Waals surface area contributed by atoms with E-state index in [0.29, 0.717) is 12.1 Å². The van der Waals surface area contributed by atoms with Crippen molar-refractivity contribution in [1.29, 1.82) is 0 Å². The monoisotopic (exact) mass is 253 g/mol. The predicted octanol–water partition coefficient (Wildman–Crippen LogP) is 4.96. The lowest BCUT2D eigenvalue weighted by Gasteiger charge is -2.22. The van der Waals surface area contributed by atoms with Crippen molar-refractivity contribution in [2.24, 2.45) is 0 Å². The van der Waals surface area contributed by atoms with Crippen LogP contribution in [0.15, 0.2) is 24.3 Å². The SMILES string of the molecule is CCCCC(C)NC(CC)c1cccc(Cl)c1. The summed E-state index contributed by atoms with van der Waals surface area (Å²) < 4.78 is 0. The molecule has 2 atom stereocenters. The molecule has 0 aliphatic carbocycles. The van der Waals surface area contributed by atoms with Crippen LogP contribution in [0.25, 0.3) is 0 Å². The molecular weight excluding hydrogens is 230 g/mol. The van der Waals surface area contributed by atoms with E-state index in [9.17, 15) is 0 Å². The van der Waals surface area contributed by atoms with Gasteiger partial charge >= 0.3 is 0 Å². The van der Waals surface area contributed by atoms with Gasteiger partial charge in [-0.2, -0.15) is 0 Å². The lowest BCUT2D eigenvalue weighted by atomic mass is 10.0. The third kappa shape index (κ3) is 5.10.